The molecule has 1 aliphatic heterocycles. The quantitative estimate of drug-likeness (QED) is 0.894. The molecule has 20 heavy (non-hydrogen) atoms. The first kappa shape index (κ1) is 13.3. The summed E-state index contributed by atoms with van der Waals surface area (Å²) in [5.41, 5.74) is 2.29. The summed E-state index contributed by atoms with van der Waals surface area (Å²) in [5.74, 6) is 0.296. The number of hydrogen-bond acceptors (Lipinski definition) is 4. The Kier molecular flexibility index (Phi) is 3.59. The van der Waals surface area contributed by atoms with Crippen molar-refractivity contribution >= 4 is 11.8 Å². The van der Waals surface area contributed by atoms with Crippen LogP contribution in [-0.2, 0) is 17.6 Å². The van der Waals surface area contributed by atoms with Crippen molar-refractivity contribution in [1.29, 1.82) is 0 Å². The lowest BCUT2D eigenvalue weighted by molar-refractivity contribution is -0.140. The maximum absolute atomic E-state index is 11.6. The lowest BCUT2D eigenvalue weighted by atomic mass is 9.89. The van der Waals surface area contributed by atoms with E-state index in [1.54, 1.807) is 6.33 Å². The number of rotatable bonds is 2. The van der Waals surface area contributed by atoms with Crippen LogP contribution in [0, 0.1) is 5.92 Å². The molecule has 2 aliphatic rings. The molecule has 1 fully saturated rings. The van der Waals surface area contributed by atoms with E-state index in [2.05, 4.69) is 9.97 Å². The van der Waals surface area contributed by atoms with Crippen LogP contribution in [0.25, 0.3) is 0 Å². The van der Waals surface area contributed by atoms with Gasteiger partial charge in [0.15, 0.2) is 0 Å². The zero-order chi connectivity index (χ0) is 14.1. The van der Waals surface area contributed by atoms with Gasteiger partial charge in [-0.3, -0.25) is 0 Å². The van der Waals surface area contributed by atoms with Crippen LogP contribution in [0.4, 0.5) is 5.82 Å². The van der Waals surface area contributed by atoms with Crippen LogP contribution in [0.5, 0.6) is 0 Å². The fourth-order valence-electron chi connectivity index (χ4n) is 3.55. The average molecular weight is 275 g/mol. The Bertz CT molecular complexity index is 518. The van der Waals surface area contributed by atoms with E-state index in [1.807, 2.05) is 11.8 Å². The largest absolute Gasteiger partial charge is 0.480 e. The van der Waals surface area contributed by atoms with E-state index in [9.17, 15) is 9.90 Å². The highest BCUT2D eigenvalue weighted by Crippen LogP contribution is 2.33. The summed E-state index contributed by atoms with van der Waals surface area (Å²) in [4.78, 5) is 22.4. The molecule has 0 aromatic carbocycles. The van der Waals surface area contributed by atoms with E-state index in [4.69, 9.17) is 0 Å². The number of carbonyl (C=O) groups is 1. The Labute approximate surface area is 119 Å². The lowest BCUT2D eigenvalue weighted by Crippen LogP contribution is -2.50. The molecule has 0 radical (unpaired) electrons. The SMILES string of the molecule is CC1CCCN(c2ncnc3c2CCCC3)C1C(=O)O. The van der Waals surface area contributed by atoms with Gasteiger partial charge in [0, 0.05) is 17.8 Å². The summed E-state index contributed by atoms with van der Waals surface area (Å²) in [6.07, 6.45) is 7.88. The fraction of sp³-hybridized carbons (Fsp3) is 0.667. The number of aliphatic carboxylic acids is 1. The van der Waals surface area contributed by atoms with E-state index < -0.39 is 12.0 Å². The van der Waals surface area contributed by atoms with Crippen LogP contribution in [0.1, 0.15) is 43.9 Å². The Balaban J connectivity index is 2.00. The van der Waals surface area contributed by atoms with Crippen molar-refractivity contribution in [1.82, 2.24) is 9.97 Å². The Morgan fingerprint density at radius 1 is 1.30 bits per heavy atom. The fourth-order valence-corrected chi connectivity index (χ4v) is 3.55. The van der Waals surface area contributed by atoms with Crippen molar-refractivity contribution in [3.8, 4) is 0 Å². The number of aromatic nitrogens is 2. The second kappa shape index (κ2) is 5.38. The third-order valence-corrected chi connectivity index (χ3v) is 4.56. The summed E-state index contributed by atoms with van der Waals surface area (Å²) in [5, 5.41) is 9.56. The molecule has 1 saturated heterocycles. The molecule has 0 spiro atoms. The van der Waals surface area contributed by atoms with Gasteiger partial charge in [0.2, 0.25) is 0 Å². The average Bonchev–Trinajstić information content (AvgIpc) is 2.46. The van der Waals surface area contributed by atoms with E-state index in [0.29, 0.717) is 0 Å². The Morgan fingerprint density at radius 3 is 2.90 bits per heavy atom. The number of piperidine rings is 1. The van der Waals surface area contributed by atoms with Gasteiger partial charge in [-0.1, -0.05) is 6.92 Å². The smallest absolute Gasteiger partial charge is 0.326 e. The standard InChI is InChI=1S/C15H21N3O2/c1-10-5-4-8-18(13(10)15(19)20)14-11-6-2-3-7-12(11)16-9-17-14/h9-10,13H,2-8H2,1H3,(H,19,20). The summed E-state index contributed by atoms with van der Waals surface area (Å²) in [6.45, 7) is 2.81. The number of aryl methyl sites for hydroxylation is 1. The van der Waals surface area contributed by atoms with Gasteiger partial charge in [-0.05, 0) is 44.4 Å². The summed E-state index contributed by atoms with van der Waals surface area (Å²) in [7, 11) is 0. The van der Waals surface area contributed by atoms with Crippen molar-refractivity contribution in [2.75, 3.05) is 11.4 Å². The van der Waals surface area contributed by atoms with Gasteiger partial charge in [0.05, 0.1) is 0 Å². The molecule has 5 heteroatoms. The molecule has 1 N–H and O–H groups in total. The summed E-state index contributed by atoms with van der Waals surface area (Å²) >= 11 is 0. The van der Waals surface area contributed by atoms with Gasteiger partial charge in [0.25, 0.3) is 0 Å². The van der Waals surface area contributed by atoms with E-state index in [-0.39, 0.29) is 5.92 Å². The minimum atomic E-state index is -0.736. The van der Waals surface area contributed by atoms with E-state index >= 15 is 0 Å². The number of fused-ring (bicyclic) bond motifs is 1. The predicted octanol–water partition coefficient (Wildman–Crippen LogP) is 2.04. The lowest BCUT2D eigenvalue weighted by Gasteiger charge is -2.39. The Morgan fingerprint density at radius 2 is 2.10 bits per heavy atom. The molecule has 0 bridgehead atoms. The van der Waals surface area contributed by atoms with Gasteiger partial charge in [-0.15, -0.1) is 0 Å². The molecule has 5 nitrogen and oxygen atoms in total. The molecule has 2 unspecified atom stereocenters. The van der Waals surface area contributed by atoms with Crippen molar-refractivity contribution < 1.29 is 9.90 Å². The van der Waals surface area contributed by atoms with Crippen LogP contribution < -0.4 is 4.90 Å². The molecular weight excluding hydrogens is 254 g/mol. The molecule has 2 heterocycles. The first-order valence-electron chi connectivity index (χ1n) is 7.50. The number of carboxylic acid groups (broad SMARTS) is 1. The van der Waals surface area contributed by atoms with Crippen molar-refractivity contribution in [2.45, 2.75) is 51.5 Å². The molecule has 0 saturated carbocycles. The first-order chi connectivity index (χ1) is 9.68. The van der Waals surface area contributed by atoms with Crippen LogP contribution in [0.15, 0.2) is 6.33 Å². The molecule has 0 amide bonds. The number of hydrogen-bond donors (Lipinski definition) is 1. The third kappa shape index (κ3) is 2.25. The van der Waals surface area contributed by atoms with Gasteiger partial charge < -0.3 is 10.0 Å². The van der Waals surface area contributed by atoms with Gasteiger partial charge in [0.1, 0.15) is 18.2 Å². The van der Waals surface area contributed by atoms with Crippen LogP contribution in [0.2, 0.25) is 0 Å². The maximum atomic E-state index is 11.6. The first-order valence-corrected chi connectivity index (χ1v) is 7.50. The highest BCUT2D eigenvalue weighted by atomic mass is 16.4. The zero-order valence-electron chi connectivity index (χ0n) is 11.9. The normalized spacial score (nSPS) is 26.1. The second-order valence-electron chi connectivity index (χ2n) is 5.93. The highest BCUT2D eigenvalue weighted by molar-refractivity contribution is 5.79. The van der Waals surface area contributed by atoms with Crippen molar-refractivity contribution in [3.05, 3.63) is 17.6 Å². The monoisotopic (exact) mass is 275 g/mol. The van der Waals surface area contributed by atoms with E-state index in [1.165, 1.54) is 12.0 Å². The van der Waals surface area contributed by atoms with Crippen LogP contribution >= 0.6 is 0 Å². The molecule has 1 aromatic heterocycles. The summed E-state index contributed by atoms with van der Waals surface area (Å²) in [6, 6.07) is -0.454. The van der Waals surface area contributed by atoms with Crippen molar-refractivity contribution in [2.24, 2.45) is 5.92 Å². The molecule has 2 atom stereocenters. The number of nitrogens with zero attached hydrogens (tertiary/aromatic N) is 3. The molecule has 108 valence electrons. The minimum absolute atomic E-state index is 0.162. The minimum Gasteiger partial charge on any atom is -0.480 e. The molecule has 3 rings (SSSR count). The van der Waals surface area contributed by atoms with Gasteiger partial charge >= 0.3 is 5.97 Å². The second-order valence-corrected chi connectivity index (χ2v) is 5.93. The maximum Gasteiger partial charge on any atom is 0.326 e. The van der Waals surface area contributed by atoms with Gasteiger partial charge in [-0.2, -0.15) is 0 Å². The van der Waals surface area contributed by atoms with Crippen molar-refractivity contribution in [3.63, 3.8) is 0 Å². The van der Waals surface area contributed by atoms with Crippen LogP contribution in [0.3, 0.4) is 0 Å². The predicted molar refractivity (Wildman–Crippen MR) is 75.8 cm³/mol. The number of carboxylic acids is 1. The van der Waals surface area contributed by atoms with E-state index in [0.717, 1.165) is 50.2 Å². The zero-order valence-corrected chi connectivity index (χ0v) is 11.9. The molecule has 1 aromatic rings. The highest BCUT2D eigenvalue weighted by Gasteiger charge is 2.36. The summed E-state index contributed by atoms with van der Waals surface area (Å²) < 4.78 is 0. The third-order valence-electron chi connectivity index (χ3n) is 4.56. The topological polar surface area (TPSA) is 66.3 Å². The van der Waals surface area contributed by atoms with Gasteiger partial charge in [-0.25, -0.2) is 14.8 Å². The molecular formula is C15H21N3O2. The Hall–Kier alpha value is -1.65. The number of anilines is 1. The molecule has 1 aliphatic carbocycles. The van der Waals surface area contributed by atoms with Crippen LogP contribution in [-0.4, -0.2) is 33.6 Å².